The van der Waals surface area contributed by atoms with Crippen LogP contribution in [0.4, 0.5) is 13.2 Å². The van der Waals surface area contributed by atoms with Crippen LogP contribution in [0.25, 0.3) is 0 Å². The van der Waals surface area contributed by atoms with Gasteiger partial charge in [-0.15, -0.1) is 0 Å². The molecule has 0 aliphatic heterocycles. The van der Waals surface area contributed by atoms with Crippen LogP contribution in [0.1, 0.15) is 16.1 Å². The molecule has 110 valence electrons. The van der Waals surface area contributed by atoms with Crippen LogP contribution in [-0.2, 0) is 6.18 Å². The third-order valence-corrected chi connectivity index (χ3v) is 2.47. The Hall–Kier alpha value is -2.61. The van der Waals surface area contributed by atoms with Crippen LogP contribution in [0.15, 0.2) is 42.5 Å². The van der Waals surface area contributed by atoms with Crippen molar-refractivity contribution in [3.8, 4) is 11.6 Å². The molecule has 0 saturated heterocycles. The molecule has 8 heteroatoms. The van der Waals surface area contributed by atoms with Crippen LogP contribution >= 0.6 is 0 Å². The molecule has 0 saturated carbocycles. The minimum Gasteiger partial charge on any atom is -0.439 e. The third kappa shape index (κ3) is 3.69. The maximum Gasteiger partial charge on any atom is 0.416 e. The van der Waals surface area contributed by atoms with Crippen molar-refractivity contribution in [3.63, 3.8) is 0 Å². The van der Waals surface area contributed by atoms with Gasteiger partial charge in [0.1, 0.15) is 11.4 Å². The van der Waals surface area contributed by atoms with Gasteiger partial charge in [0.05, 0.1) is 5.56 Å². The summed E-state index contributed by atoms with van der Waals surface area (Å²) in [6.07, 6.45) is -4.46. The van der Waals surface area contributed by atoms with Gasteiger partial charge in [-0.1, -0.05) is 12.1 Å². The lowest BCUT2D eigenvalue weighted by Gasteiger charge is -2.09. The van der Waals surface area contributed by atoms with Crippen molar-refractivity contribution in [2.24, 2.45) is 5.84 Å². The number of aromatic nitrogens is 1. The van der Waals surface area contributed by atoms with Crippen LogP contribution in [0.2, 0.25) is 0 Å². The summed E-state index contributed by atoms with van der Waals surface area (Å²) in [6, 6.07) is 8.62. The lowest BCUT2D eigenvalue weighted by Crippen LogP contribution is -2.30. The van der Waals surface area contributed by atoms with Gasteiger partial charge >= 0.3 is 6.18 Å². The summed E-state index contributed by atoms with van der Waals surface area (Å²) < 4.78 is 43.0. The molecule has 1 heterocycles. The number of pyridine rings is 1. The Morgan fingerprint density at radius 3 is 2.57 bits per heavy atom. The molecule has 0 fully saturated rings. The number of carbonyl (C=O) groups is 1. The lowest BCUT2D eigenvalue weighted by atomic mass is 10.2. The maximum absolute atomic E-state index is 12.6. The van der Waals surface area contributed by atoms with Gasteiger partial charge in [0.2, 0.25) is 5.88 Å². The Balaban J connectivity index is 2.24. The number of alkyl halides is 3. The largest absolute Gasteiger partial charge is 0.439 e. The number of amides is 1. The van der Waals surface area contributed by atoms with Crippen LogP contribution in [-0.4, -0.2) is 10.9 Å². The average Bonchev–Trinajstić information content (AvgIpc) is 2.46. The zero-order valence-corrected chi connectivity index (χ0v) is 10.5. The summed E-state index contributed by atoms with van der Waals surface area (Å²) in [5.74, 6) is 4.28. The molecular weight excluding hydrogens is 287 g/mol. The Morgan fingerprint density at radius 2 is 1.90 bits per heavy atom. The molecule has 5 nitrogen and oxygen atoms in total. The minimum absolute atomic E-state index is 0.0121. The van der Waals surface area contributed by atoms with Crippen molar-refractivity contribution >= 4 is 5.91 Å². The molecule has 0 unspecified atom stereocenters. The van der Waals surface area contributed by atoms with Crippen molar-refractivity contribution in [2.45, 2.75) is 6.18 Å². The molecular formula is C13H10F3N3O2. The van der Waals surface area contributed by atoms with E-state index in [4.69, 9.17) is 10.6 Å². The highest BCUT2D eigenvalue weighted by Crippen LogP contribution is 2.32. The van der Waals surface area contributed by atoms with Gasteiger partial charge in [0.25, 0.3) is 5.91 Å². The van der Waals surface area contributed by atoms with E-state index in [1.165, 1.54) is 30.3 Å². The predicted octanol–water partition coefficient (Wildman–Crippen LogP) is 2.50. The number of benzene rings is 1. The zero-order chi connectivity index (χ0) is 15.5. The molecule has 0 atom stereocenters. The smallest absolute Gasteiger partial charge is 0.416 e. The number of hydrogen-bond donors (Lipinski definition) is 2. The van der Waals surface area contributed by atoms with Gasteiger partial charge in [-0.3, -0.25) is 10.2 Å². The number of nitrogens with zero attached hydrogens (tertiary/aromatic N) is 1. The van der Waals surface area contributed by atoms with E-state index in [2.05, 4.69) is 4.98 Å². The molecule has 1 amide bonds. The molecule has 2 aromatic rings. The molecule has 0 spiro atoms. The summed E-state index contributed by atoms with van der Waals surface area (Å²) >= 11 is 0. The van der Waals surface area contributed by atoms with Gasteiger partial charge in [-0.2, -0.15) is 13.2 Å². The standard InChI is InChI=1S/C13H10F3N3O2/c14-13(15,16)8-3-1-4-9(7-8)21-11-6-2-5-10(18-11)12(20)19-17/h1-7H,17H2,(H,19,20). The summed E-state index contributed by atoms with van der Waals surface area (Å²) in [6.45, 7) is 0. The average molecular weight is 297 g/mol. The fraction of sp³-hybridized carbons (Fsp3) is 0.0769. The highest BCUT2D eigenvalue weighted by molar-refractivity contribution is 5.91. The van der Waals surface area contributed by atoms with E-state index in [9.17, 15) is 18.0 Å². The predicted molar refractivity (Wildman–Crippen MR) is 67.4 cm³/mol. The first-order chi connectivity index (χ1) is 9.90. The summed E-state index contributed by atoms with van der Waals surface area (Å²) in [5, 5.41) is 0. The first kappa shape index (κ1) is 14.8. The van der Waals surface area contributed by atoms with E-state index in [1.54, 1.807) is 0 Å². The van der Waals surface area contributed by atoms with Gasteiger partial charge in [-0.25, -0.2) is 10.8 Å². The first-order valence-electron chi connectivity index (χ1n) is 5.73. The maximum atomic E-state index is 12.6. The number of nitrogen functional groups attached to an aromatic ring is 1. The molecule has 2 rings (SSSR count). The zero-order valence-electron chi connectivity index (χ0n) is 10.5. The van der Waals surface area contributed by atoms with Crippen LogP contribution in [0.5, 0.6) is 11.6 Å². The fourth-order valence-electron chi connectivity index (χ4n) is 1.53. The Labute approximate surface area is 117 Å². The number of hydrogen-bond acceptors (Lipinski definition) is 4. The number of nitrogens with two attached hydrogens (primary N) is 1. The van der Waals surface area contributed by atoms with Crippen molar-refractivity contribution < 1.29 is 22.7 Å². The normalized spacial score (nSPS) is 11.0. The Kier molecular flexibility index (Phi) is 4.08. The van der Waals surface area contributed by atoms with Crippen LogP contribution in [0.3, 0.4) is 0 Å². The molecule has 0 aliphatic rings. The minimum atomic E-state index is -4.46. The molecule has 0 radical (unpaired) electrons. The van der Waals surface area contributed by atoms with E-state index < -0.39 is 17.6 Å². The van der Waals surface area contributed by atoms with Crippen LogP contribution in [0, 0.1) is 0 Å². The van der Waals surface area contributed by atoms with Gasteiger partial charge in [0.15, 0.2) is 0 Å². The van der Waals surface area contributed by atoms with E-state index in [0.29, 0.717) is 0 Å². The monoisotopic (exact) mass is 297 g/mol. The first-order valence-corrected chi connectivity index (χ1v) is 5.73. The summed E-state index contributed by atoms with van der Waals surface area (Å²) in [7, 11) is 0. The second-order valence-electron chi connectivity index (χ2n) is 3.96. The Morgan fingerprint density at radius 1 is 1.19 bits per heavy atom. The highest BCUT2D eigenvalue weighted by Gasteiger charge is 2.30. The number of nitrogens with one attached hydrogen (secondary N) is 1. The molecule has 0 aliphatic carbocycles. The molecule has 0 bridgehead atoms. The van der Waals surface area contributed by atoms with Crippen molar-refractivity contribution in [2.75, 3.05) is 0 Å². The molecule has 1 aromatic heterocycles. The van der Waals surface area contributed by atoms with E-state index in [0.717, 1.165) is 12.1 Å². The van der Waals surface area contributed by atoms with E-state index in [-0.39, 0.29) is 17.3 Å². The second-order valence-corrected chi connectivity index (χ2v) is 3.96. The van der Waals surface area contributed by atoms with Gasteiger partial charge < -0.3 is 4.74 Å². The number of carbonyl (C=O) groups excluding carboxylic acids is 1. The Bertz CT molecular complexity index is 659. The second kappa shape index (κ2) is 5.80. The summed E-state index contributed by atoms with van der Waals surface area (Å²) in [5.41, 5.74) is 1.05. The van der Waals surface area contributed by atoms with Crippen molar-refractivity contribution in [1.29, 1.82) is 0 Å². The lowest BCUT2D eigenvalue weighted by molar-refractivity contribution is -0.137. The number of ether oxygens (including phenoxy) is 1. The van der Waals surface area contributed by atoms with Gasteiger partial charge in [-0.05, 0) is 24.3 Å². The molecule has 1 aromatic carbocycles. The number of hydrazine groups is 1. The van der Waals surface area contributed by atoms with Crippen molar-refractivity contribution in [3.05, 3.63) is 53.7 Å². The summed E-state index contributed by atoms with van der Waals surface area (Å²) in [4.78, 5) is 15.1. The van der Waals surface area contributed by atoms with Gasteiger partial charge in [0, 0.05) is 6.07 Å². The van der Waals surface area contributed by atoms with Crippen molar-refractivity contribution in [1.82, 2.24) is 10.4 Å². The quantitative estimate of drug-likeness (QED) is 0.518. The fourth-order valence-corrected chi connectivity index (χ4v) is 1.53. The number of halogens is 3. The van der Waals surface area contributed by atoms with E-state index >= 15 is 0 Å². The van der Waals surface area contributed by atoms with E-state index in [1.807, 2.05) is 5.43 Å². The SMILES string of the molecule is NNC(=O)c1cccc(Oc2cccc(C(F)(F)F)c2)n1. The molecule has 3 N–H and O–H groups in total. The van der Waals surface area contributed by atoms with Crippen LogP contribution < -0.4 is 16.0 Å². The number of rotatable bonds is 3. The topological polar surface area (TPSA) is 77.2 Å². The molecule has 21 heavy (non-hydrogen) atoms. The third-order valence-electron chi connectivity index (χ3n) is 2.47. The highest BCUT2D eigenvalue weighted by atomic mass is 19.4.